The van der Waals surface area contributed by atoms with E-state index in [0.717, 1.165) is 24.4 Å². The van der Waals surface area contributed by atoms with Gasteiger partial charge in [0.2, 0.25) is 0 Å². The molecule has 0 aliphatic heterocycles. The molecule has 0 amide bonds. The zero-order chi connectivity index (χ0) is 11.1. The van der Waals surface area contributed by atoms with Gasteiger partial charge in [0.15, 0.2) is 0 Å². The predicted molar refractivity (Wildman–Crippen MR) is 68.1 cm³/mol. The van der Waals surface area contributed by atoms with Gasteiger partial charge >= 0.3 is 0 Å². The molecule has 1 saturated carbocycles. The molecule has 0 saturated heterocycles. The third kappa shape index (κ3) is 4.55. The van der Waals surface area contributed by atoms with Gasteiger partial charge in [-0.15, -0.1) is 0 Å². The Kier molecular flexibility index (Phi) is 6.31. The van der Waals surface area contributed by atoms with E-state index in [9.17, 15) is 0 Å². The van der Waals surface area contributed by atoms with E-state index in [-0.39, 0.29) is 0 Å². The van der Waals surface area contributed by atoms with Crippen molar-refractivity contribution in [2.24, 2.45) is 11.8 Å². The predicted octanol–water partition coefficient (Wildman–Crippen LogP) is 3.98. The molecule has 1 heteroatoms. The van der Waals surface area contributed by atoms with E-state index in [2.05, 4.69) is 26.1 Å². The molecular formula is C14H29N. The topological polar surface area (TPSA) is 12.0 Å². The lowest BCUT2D eigenvalue weighted by molar-refractivity contribution is 0.278. The van der Waals surface area contributed by atoms with Gasteiger partial charge in [0.05, 0.1) is 0 Å². The van der Waals surface area contributed by atoms with Crippen LogP contribution in [0, 0.1) is 11.8 Å². The first kappa shape index (κ1) is 13.0. The molecule has 1 fully saturated rings. The molecule has 15 heavy (non-hydrogen) atoms. The Morgan fingerprint density at radius 1 is 1.20 bits per heavy atom. The minimum Gasteiger partial charge on any atom is -0.314 e. The Bertz CT molecular complexity index is 155. The first-order chi connectivity index (χ1) is 7.27. The average molecular weight is 211 g/mol. The Morgan fingerprint density at radius 2 is 1.93 bits per heavy atom. The lowest BCUT2D eigenvalue weighted by atomic mass is 9.84. The second kappa shape index (κ2) is 7.27. The fourth-order valence-corrected chi connectivity index (χ4v) is 3.08. The van der Waals surface area contributed by atoms with Crippen molar-refractivity contribution in [2.45, 2.75) is 71.8 Å². The monoisotopic (exact) mass is 211 g/mol. The van der Waals surface area contributed by atoms with Gasteiger partial charge < -0.3 is 5.32 Å². The molecule has 1 nitrogen and oxygen atoms in total. The Balaban J connectivity index is 2.41. The Labute approximate surface area is 96.0 Å². The van der Waals surface area contributed by atoms with Crippen LogP contribution in [-0.2, 0) is 0 Å². The summed E-state index contributed by atoms with van der Waals surface area (Å²) < 4.78 is 0. The third-order valence-corrected chi connectivity index (χ3v) is 4.01. The molecule has 0 aromatic carbocycles. The minimum atomic E-state index is 0.807. The summed E-state index contributed by atoms with van der Waals surface area (Å²) in [4.78, 5) is 0. The first-order valence-corrected chi connectivity index (χ1v) is 7.01. The highest BCUT2D eigenvalue weighted by atomic mass is 14.9. The maximum Gasteiger partial charge on any atom is 0.00696 e. The van der Waals surface area contributed by atoms with Crippen molar-refractivity contribution < 1.29 is 0 Å². The molecule has 3 unspecified atom stereocenters. The standard InChI is InChI=1S/C14H29N/c1-4-8-12(3)13-9-6-7-10-14(11-13)15-5-2/h12-15H,4-11H2,1-3H3. The van der Waals surface area contributed by atoms with Gasteiger partial charge in [0.1, 0.15) is 0 Å². The molecule has 0 bridgehead atoms. The average Bonchev–Trinajstić information content (AvgIpc) is 2.44. The molecule has 1 rings (SSSR count). The fourth-order valence-electron chi connectivity index (χ4n) is 3.08. The number of hydrogen-bond donors (Lipinski definition) is 1. The van der Waals surface area contributed by atoms with Crippen LogP contribution in [0.3, 0.4) is 0 Å². The highest BCUT2D eigenvalue weighted by Crippen LogP contribution is 2.31. The van der Waals surface area contributed by atoms with Gasteiger partial charge in [-0.2, -0.15) is 0 Å². The lowest BCUT2D eigenvalue weighted by Crippen LogP contribution is -2.31. The van der Waals surface area contributed by atoms with E-state index in [1.807, 2.05) is 0 Å². The van der Waals surface area contributed by atoms with Crippen molar-refractivity contribution in [3.05, 3.63) is 0 Å². The quantitative estimate of drug-likeness (QED) is 0.678. The van der Waals surface area contributed by atoms with Gasteiger partial charge in [-0.25, -0.2) is 0 Å². The summed E-state index contributed by atoms with van der Waals surface area (Å²) in [5, 5.41) is 3.65. The maximum atomic E-state index is 3.65. The van der Waals surface area contributed by atoms with Gasteiger partial charge in [-0.05, 0) is 31.2 Å². The van der Waals surface area contributed by atoms with Crippen LogP contribution < -0.4 is 5.32 Å². The molecule has 0 aromatic heterocycles. The number of rotatable bonds is 5. The van der Waals surface area contributed by atoms with E-state index >= 15 is 0 Å². The molecule has 1 N–H and O–H groups in total. The molecule has 3 atom stereocenters. The van der Waals surface area contributed by atoms with Crippen molar-refractivity contribution in [3.8, 4) is 0 Å². The SMILES string of the molecule is CCCC(C)C1CCCCC(NCC)C1. The van der Waals surface area contributed by atoms with Gasteiger partial charge in [-0.3, -0.25) is 0 Å². The van der Waals surface area contributed by atoms with Crippen molar-refractivity contribution in [3.63, 3.8) is 0 Å². The second-order valence-corrected chi connectivity index (χ2v) is 5.30. The molecule has 90 valence electrons. The van der Waals surface area contributed by atoms with Crippen LogP contribution in [0.4, 0.5) is 0 Å². The van der Waals surface area contributed by atoms with E-state index in [1.165, 1.54) is 44.9 Å². The summed E-state index contributed by atoms with van der Waals surface area (Å²) in [7, 11) is 0. The highest BCUT2D eigenvalue weighted by Gasteiger charge is 2.23. The van der Waals surface area contributed by atoms with Crippen LogP contribution in [0.2, 0.25) is 0 Å². The van der Waals surface area contributed by atoms with Crippen molar-refractivity contribution in [1.82, 2.24) is 5.32 Å². The molecule has 0 heterocycles. The van der Waals surface area contributed by atoms with Crippen LogP contribution in [0.15, 0.2) is 0 Å². The van der Waals surface area contributed by atoms with Gasteiger partial charge in [-0.1, -0.05) is 52.9 Å². The molecule has 0 spiro atoms. The molecular weight excluding hydrogens is 182 g/mol. The van der Waals surface area contributed by atoms with Gasteiger partial charge in [0.25, 0.3) is 0 Å². The van der Waals surface area contributed by atoms with E-state index in [4.69, 9.17) is 0 Å². The molecule has 1 aliphatic rings. The van der Waals surface area contributed by atoms with Crippen LogP contribution in [0.1, 0.15) is 65.7 Å². The minimum absolute atomic E-state index is 0.807. The normalized spacial score (nSPS) is 29.8. The van der Waals surface area contributed by atoms with E-state index in [0.29, 0.717) is 0 Å². The largest absolute Gasteiger partial charge is 0.314 e. The first-order valence-electron chi connectivity index (χ1n) is 7.01. The highest BCUT2D eigenvalue weighted by molar-refractivity contribution is 4.78. The summed E-state index contributed by atoms with van der Waals surface area (Å²) in [5.74, 6) is 1.92. The Morgan fingerprint density at radius 3 is 2.60 bits per heavy atom. The number of nitrogens with one attached hydrogen (secondary N) is 1. The maximum absolute atomic E-state index is 3.65. The number of hydrogen-bond acceptors (Lipinski definition) is 1. The zero-order valence-electron chi connectivity index (χ0n) is 10.9. The smallest absolute Gasteiger partial charge is 0.00696 e. The van der Waals surface area contributed by atoms with Gasteiger partial charge in [0, 0.05) is 6.04 Å². The summed E-state index contributed by atoms with van der Waals surface area (Å²) in [6, 6.07) is 0.807. The van der Waals surface area contributed by atoms with Crippen LogP contribution in [0.5, 0.6) is 0 Å². The molecule has 1 aliphatic carbocycles. The summed E-state index contributed by atoms with van der Waals surface area (Å²) in [6.07, 6.45) is 9.97. The van der Waals surface area contributed by atoms with Crippen LogP contribution in [-0.4, -0.2) is 12.6 Å². The summed E-state index contributed by atoms with van der Waals surface area (Å²) in [6.45, 7) is 8.15. The fraction of sp³-hybridized carbons (Fsp3) is 1.00. The van der Waals surface area contributed by atoms with Crippen LogP contribution in [0.25, 0.3) is 0 Å². The van der Waals surface area contributed by atoms with E-state index in [1.54, 1.807) is 0 Å². The summed E-state index contributed by atoms with van der Waals surface area (Å²) in [5.41, 5.74) is 0. The summed E-state index contributed by atoms with van der Waals surface area (Å²) >= 11 is 0. The van der Waals surface area contributed by atoms with Crippen molar-refractivity contribution >= 4 is 0 Å². The molecule has 0 radical (unpaired) electrons. The van der Waals surface area contributed by atoms with Crippen molar-refractivity contribution in [1.29, 1.82) is 0 Å². The van der Waals surface area contributed by atoms with Crippen molar-refractivity contribution in [2.75, 3.05) is 6.54 Å². The Hall–Kier alpha value is -0.0400. The second-order valence-electron chi connectivity index (χ2n) is 5.30. The van der Waals surface area contributed by atoms with Crippen LogP contribution >= 0.6 is 0 Å². The lowest BCUT2D eigenvalue weighted by Gasteiger charge is -2.25. The van der Waals surface area contributed by atoms with E-state index < -0.39 is 0 Å². The zero-order valence-corrected chi connectivity index (χ0v) is 10.9. The molecule has 0 aromatic rings. The third-order valence-electron chi connectivity index (χ3n) is 4.01.